The molecule has 0 amide bonds. The van der Waals surface area contributed by atoms with Gasteiger partial charge in [0.25, 0.3) is 0 Å². The molecular formula is C14H13ClF2N2O. The molecule has 0 saturated heterocycles. The van der Waals surface area contributed by atoms with Gasteiger partial charge < -0.3 is 15.8 Å². The van der Waals surface area contributed by atoms with Gasteiger partial charge in [-0.2, -0.15) is 0 Å². The largest absolute Gasteiger partial charge is 0.495 e. The third kappa shape index (κ3) is 2.77. The van der Waals surface area contributed by atoms with Crippen molar-refractivity contribution in [2.75, 3.05) is 18.2 Å². The maximum atomic E-state index is 13.8. The monoisotopic (exact) mass is 298 g/mol. The molecule has 0 aliphatic rings. The van der Waals surface area contributed by atoms with E-state index < -0.39 is 11.6 Å². The van der Waals surface area contributed by atoms with Crippen molar-refractivity contribution < 1.29 is 13.5 Å². The minimum Gasteiger partial charge on any atom is -0.495 e. The summed E-state index contributed by atoms with van der Waals surface area (Å²) in [4.78, 5) is 0. The lowest BCUT2D eigenvalue weighted by atomic mass is 10.2. The van der Waals surface area contributed by atoms with Crippen LogP contribution in [0.5, 0.6) is 5.75 Å². The van der Waals surface area contributed by atoms with Crippen molar-refractivity contribution >= 4 is 28.7 Å². The summed E-state index contributed by atoms with van der Waals surface area (Å²) < 4.78 is 32.7. The molecule has 2 aromatic rings. The average Bonchev–Trinajstić information content (AvgIpc) is 2.37. The second-order valence-corrected chi connectivity index (χ2v) is 4.69. The Morgan fingerprint density at radius 1 is 1.15 bits per heavy atom. The molecule has 2 aromatic carbocycles. The van der Waals surface area contributed by atoms with Crippen LogP contribution in [0.2, 0.25) is 5.02 Å². The highest BCUT2D eigenvalue weighted by Crippen LogP contribution is 2.34. The molecule has 0 aliphatic heterocycles. The van der Waals surface area contributed by atoms with Crippen LogP contribution >= 0.6 is 11.6 Å². The zero-order valence-corrected chi connectivity index (χ0v) is 11.7. The Morgan fingerprint density at radius 3 is 2.30 bits per heavy atom. The first-order valence-electron chi connectivity index (χ1n) is 5.78. The van der Waals surface area contributed by atoms with Gasteiger partial charge in [-0.25, -0.2) is 8.78 Å². The summed E-state index contributed by atoms with van der Waals surface area (Å²) in [6, 6.07) is 5.31. The molecule has 0 unspecified atom stereocenters. The van der Waals surface area contributed by atoms with Gasteiger partial charge in [-0.1, -0.05) is 11.6 Å². The molecule has 3 N–H and O–H groups in total. The zero-order chi connectivity index (χ0) is 14.9. The van der Waals surface area contributed by atoms with Gasteiger partial charge in [0.15, 0.2) is 11.6 Å². The van der Waals surface area contributed by atoms with Crippen LogP contribution in [0, 0.1) is 18.6 Å². The molecule has 0 spiro atoms. The molecule has 0 heterocycles. The minimum absolute atomic E-state index is 0.0183. The normalized spacial score (nSPS) is 10.4. The molecule has 0 bridgehead atoms. The number of benzene rings is 2. The number of hydrogen-bond donors (Lipinski definition) is 2. The zero-order valence-electron chi connectivity index (χ0n) is 10.9. The number of anilines is 3. The maximum Gasteiger partial charge on any atom is 0.151 e. The number of methoxy groups -OCH3 is 1. The fourth-order valence-corrected chi connectivity index (χ4v) is 1.93. The Balaban J connectivity index is 2.47. The molecule has 3 nitrogen and oxygen atoms in total. The number of nitrogen functional groups attached to an aromatic ring is 1. The Morgan fingerprint density at radius 2 is 1.75 bits per heavy atom. The van der Waals surface area contributed by atoms with Gasteiger partial charge in [-0.05, 0) is 30.7 Å². The number of rotatable bonds is 3. The number of hydrogen-bond acceptors (Lipinski definition) is 3. The highest BCUT2D eigenvalue weighted by Gasteiger charge is 2.14. The van der Waals surface area contributed by atoms with Gasteiger partial charge in [0.2, 0.25) is 0 Å². The van der Waals surface area contributed by atoms with Crippen LogP contribution in [-0.4, -0.2) is 7.11 Å². The first-order chi connectivity index (χ1) is 9.42. The van der Waals surface area contributed by atoms with Gasteiger partial charge >= 0.3 is 0 Å². The van der Waals surface area contributed by atoms with Crippen molar-refractivity contribution in [3.8, 4) is 5.75 Å². The highest BCUT2D eigenvalue weighted by atomic mass is 35.5. The van der Waals surface area contributed by atoms with E-state index in [4.69, 9.17) is 22.1 Å². The van der Waals surface area contributed by atoms with Crippen LogP contribution in [0.3, 0.4) is 0 Å². The second kappa shape index (κ2) is 5.54. The molecular weight excluding hydrogens is 286 g/mol. The quantitative estimate of drug-likeness (QED) is 0.832. The SMILES string of the molecule is COc1cc(Cl)c(C)cc1Nc1c(F)cc(N)cc1F. The average molecular weight is 299 g/mol. The van der Waals surface area contributed by atoms with Crippen molar-refractivity contribution in [2.24, 2.45) is 0 Å². The van der Waals surface area contributed by atoms with Crippen molar-refractivity contribution in [1.29, 1.82) is 0 Å². The molecule has 0 fully saturated rings. The van der Waals surface area contributed by atoms with Crippen molar-refractivity contribution in [3.05, 3.63) is 46.5 Å². The van der Waals surface area contributed by atoms with E-state index in [2.05, 4.69) is 5.32 Å². The van der Waals surface area contributed by atoms with Gasteiger partial charge in [0, 0.05) is 16.8 Å². The summed E-state index contributed by atoms with van der Waals surface area (Å²) in [5.74, 6) is -1.18. The topological polar surface area (TPSA) is 47.3 Å². The molecule has 6 heteroatoms. The smallest absolute Gasteiger partial charge is 0.151 e. The maximum absolute atomic E-state index is 13.8. The van der Waals surface area contributed by atoms with E-state index in [0.717, 1.165) is 17.7 Å². The summed E-state index contributed by atoms with van der Waals surface area (Å²) in [6.07, 6.45) is 0. The molecule has 0 atom stereocenters. The Kier molecular flexibility index (Phi) is 3.99. The van der Waals surface area contributed by atoms with Crippen LogP contribution in [0.1, 0.15) is 5.56 Å². The van der Waals surface area contributed by atoms with Crippen LogP contribution in [0.4, 0.5) is 25.8 Å². The minimum atomic E-state index is -0.780. The first-order valence-corrected chi connectivity index (χ1v) is 6.16. The van der Waals surface area contributed by atoms with Crippen LogP contribution < -0.4 is 15.8 Å². The number of ether oxygens (including phenoxy) is 1. The van der Waals surface area contributed by atoms with E-state index in [1.165, 1.54) is 7.11 Å². The lowest BCUT2D eigenvalue weighted by Crippen LogP contribution is -2.01. The molecule has 0 saturated carbocycles. The van der Waals surface area contributed by atoms with E-state index in [9.17, 15) is 8.78 Å². The van der Waals surface area contributed by atoms with Crippen LogP contribution in [0.15, 0.2) is 24.3 Å². The van der Waals surface area contributed by atoms with Crippen molar-refractivity contribution in [2.45, 2.75) is 6.92 Å². The van der Waals surface area contributed by atoms with E-state index in [1.807, 2.05) is 0 Å². The van der Waals surface area contributed by atoms with E-state index in [1.54, 1.807) is 19.1 Å². The summed E-state index contributed by atoms with van der Waals surface area (Å²) in [5, 5.41) is 3.17. The second-order valence-electron chi connectivity index (χ2n) is 4.29. The summed E-state index contributed by atoms with van der Waals surface area (Å²) in [6.45, 7) is 1.78. The first kappa shape index (κ1) is 14.4. The third-order valence-electron chi connectivity index (χ3n) is 2.80. The molecule has 0 aromatic heterocycles. The molecule has 0 aliphatic carbocycles. The molecule has 20 heavy (non-hydrogen) atoms. The predicted molar refractivity (Wildman–Crippen MR) is 76.8 cm³/mol. The highest BCUT2D eigenvalue weighted by molar-refractivity contribution is 6.31. The molecule has 106 valence electrons. The summed E-state index contributed by atoms with van der Waals surface area (Å²) in [7, 11) is 1.45. The van der Waals surface area contributed by atoms with Gasteiger partial charge in [0.05, 0.1) is 12.8 Å². The Labute approximate surface area is 120 Å². The van der Waals surface area contributed by atoms with E-state index >= 15 is 0 Å². The third-order valence-corrected chi connectivity index (χ3v) is 3.21. The Bertz CT molecular complexity index is 639. The molecule has 0 radical (unpaired) electrons. The van der Waals surface area contributed by atoms with Crippen LogP contribution in [0.25, 0.3) is 0 Å². The standard InChI is InChI=1S/C14H13ClF2N2O/c1-7-3-12(13(20-2)6-9(7)15)19-14-10(16)4-8(18)5-11(14)17/h3-6,19H,18H2,1-2H3. The molecule has 2 rings (SSSR count). The van der Waals surface area contributed by atoms with E-state index in [0.29, 0.717) is 16.5 Å². The fraction of sp³-hybridized carbons (Fsp3) is 0.143. The van der Waals surface area contributed by atoms with Gasteiger partial charge in [-0.3, -0.25) is 0 Å². The van der Waals surface area contributed by atoms with Crippen LogP contribution in [-0.2, 0) is 0 Å². The fourth-order valence-electron chi connectivity index (χ4n) is 1.78. The van der Waals surface area contributed by atoms with Crippen molar-refractivity contribution in [3.63, 3.8) is 0 Å². The van der Waals surface area contributed by atoms with E-state index in [-0.39, 0.29) is 11.4 Å². The number of nitrogens with two attached hydrogens (primary N) is 1. The lowest BCUT2D eigenvalue weighted by molar-refractivity contribution is 0.416. The lowest BCUT2D eigenvalue weighted by Gasteiger charge is -2.14. The Hall–Kier alpha value is -2.01. The summed E-state index contributed by atoms with van der Waals surface area (Å²) in [5.41, 5.74) is 6.27. The predicted octanol–water partition coefficient (Wildman–Crippen LogP) is 4.26. The van der Waals surface area contributed by atoms with Gasteiger partial charge in [-0.15, -0.1) is 0 Å². The number of nitrogens with one attached hydrogen (secondary N) is 1. The van der Waals surface area contributed by atoms with Crippen molar-refractivity contribution in [1.82, 2.24) is 0 Å². The number of halogens is 3. The van der Waals surface area contributed by atoms with Gasteiger partial charge in [0.1, 0.15) is 11.4 Å². The summed E-state index contributed by atoms with van der Waals surface area (Å²) >= 11 is 5.98. The number of aryl methyl sites for hydroxylation is 1.